The molecule has 3 heterocycles. The molecule has 3 rings (SSSR count). The summed E-state index contributed by atoms with van der Waals surface area (Å²) < 4.78 is 2.01. The molecule has 0 saturated carbocycles. The molecule has 4 nitrogen and oxygen atoms in total. The third-order valence-electron chi connectivity index (χ3n) is 3.93. The van der Waals surface area contributed by atoms with Crippen LogP contribution in [0.4, 0.5) is 5.69 Å². The van der Waals surface area contributed by atoms with Crippen molar-refractivity contribution < 1.29 is 0 Å². The quantitative estimate of drug-likeness (QED) is 0.916. The van der Waals surface area contributed by atoms with Gasteiger partial charge in [-0.3, -0.25) is 4.98 Å². The van der Waals surface area contributed by atoms with Gasteiger partial charge in [0.1, 0.15) is 0 Å². The highest BCUT2D eigenvalue weighted by atomic mass is 15.3. The van der Waals surface area contributed by atoms with E-state index < -0.39 is 0 Å². The molecule has 0 bridgehead atoms. The number of hydrogen-bond acceptors (Lipinski definition) is 3. The second-order valence-electron chi connectivity index (χ2n) is 7.12. The number of fused-ring (bicyclic) bond motifs is 1. The number of rotatable bonds is 5. The Morgan fingerprint density at radius 2 is 1.95 bits per heavy atom. The van der Waals surface area contributed by atoms with Gasteiger partial charge in [0.2, 0.25) is 0 Å². The summed E-state index contributed by atoms with van der Waals surface area (Å²) in [5, 5.41) is 8.06. The first-order chi connectivity index (χ1) is 10.5. The molecule has 1 aliphatic heterocycles. The number of nitrogens with one attached hydrogen (secondary N) is 1. The maximum Gasteiger partial charge on any atom is 0.0913 e. The van der Waals surface area contributed by atoms with E-state index in [-0.39, 0.29) is 0 Å². The van der Waals surface area contributed by atoms with Crippen LogP contribution in [-0.2, 0) is 19.3 Å². The van der Waals surface area contributed by atoms with Gasteiger partial charge in [0.15, 0.2) is 0 Å². The van der Waals surface area contributed by atoms with Crippen LogP contribution < -0.4 is 5.32 Å². The van der Waals surface area contributed by atoms with Gasteiger partial charge in [-0.15, -0.1) is 0 Å². The molecular weight excluding hydrogens is 272 g/mol. The lowest BCUT2D eigenvalue weighted by Gasteiger charge is -2.12. The Bertz CT molecular complexity index is 655. The van der Waals surface area contributed by atoms with Crippen LogP contribution in [0.5, 0.6) is 0 Å². The van der Waals surface area contributed by atoms with E-state index in [4.69, 9.17) is 4.98 Å². The van der Waals surface area contributed by atoms with E-state index in [1.807, 2.05) is 10.9 Å². The maximum atomic E-state index is 4.83. The Kier molecular flexibility index (Phi) is 4.19. The minimum absolute atomic E-state index is 0.613. The lowest BCUT2D eigenvalue weighted by molar-refractivity contribution is 0.633. The molecule has 2 aromatic heterocycles. The van der Waals surface area contributed by atoms with E-state index in [1.54, 1.807) is 0 Å². The number of hydrogen-bond donors (Lipinski definition) is 1. The summed E-state index contributed by atoms with van der Waals surface area (Å²) in [5.74, 6) is 1.26. The summed E-state index contributed by atoms with van der Waals surface area (Å²) in [6.07, 6.45) is 7.24. The minimum atomic E-state index is 0.613. The van der Waals surface area contributed by atoms with Crippen LogP contribution in [0.2, 0.25) is 0 Å². The highest BCUT2D eigenvalue weighted by Gasteiger charge is 2.19. The fourth-order valence-electron chi connectivity index (χ4n) is 3.09. The number of pyridine rings is 1. The standard InChI is InChI=1S/C18H26N4/c1-12(2)7-14-10-20-22(11-14)17-9-15(8-13(3)4)21-16-5-6-19-18(16)17/h9-13,19H,5-8H2,1-4H3. The normalized spacial score (nSPS) is 13.7. The van der Waals surface area contributed by atoms with Crippen molar-refractivity contribution in [1.29, 1.82) is 0 Å². The lowest BCUT2D eigenvalue weighted by atomic mass is 10.1. The Morgan fingerprint density at radius 3 is 2.68 bits per heavy atom. The van der Waals surface area contributed by atoms with Gasteiger partial charge in [0.05, 0.1) is 23.3 Å². The van der Waals surface area contributed by atoms with Crippen molar-refractivity contribution in [3.05, 3.63) is 35.4 Å². The fourth-order valence-corrected chi connectivity index (χ4v) is 3.09. The van der Waals surface area contributed by atoms with Crippen molar-refractivity contribution in [1.82, 2.24) is 14.8 Å². The fraction of sp³-hybridized carbons (Fsp3) is 0.556. The van der Waals surface area contributed by atoms with Gasteiger partial charge < -0.3 is 5.32 Å². The van der Waals surface area contributed by atoms with E-state index in [0.29, 0.717) is 11.8 Å². The van der Waals surface area contributed by atoms with Gasteiger partial charge in [0, 0.05) is 24.9 Å². The predicted octanol–water partition coefficient (Wildman–Crippen LogP) is 3.63. The van der Waals surface area contributed by atoms with Gasteiger partial charge in [-0.05, 0) is 36.3 Å². The van der Waals surface area contributed by atoms with Crippen LogP contribution >= 0.6 is 0 Å². The molecular formula is C18H26N4. The zero-order valence-electron chi connectivity index (χ0n) is 14.1. The van der Waals surface area contributed by atoms with Crippen LogP contribution in [0.25, 0.3) is 5.69 Å². The van der Waals surface area contributed by atoms with Crippen molar-refractivity contribution in [2.24, 2.45) is 11.8 Å². The highest BCUT2D eigenvalue weighted by molar-refractivity contribution is 5.67. The topological polar surface area (TPSA) is 42.7 Å². The van der Waals surface area contributed by atoms with E-state index in [1.165, 1.54) is 17.0 Å². The Morgan fingerprint density at radius 1 is 1.18 bits per heavy atom. The molecule has 22 heavy (non-hydrogen) atoms. The van der Waals surface area contributed by atoms with E-state index in [0.717, 1.165) is 37.2 Å². The van der Waals surface area contributed by atoms with Crippen molar-refractivity contribution >= 4 is 5.69 Å². The molecule has 0 radical (unpaired) electrons. The van der Waals surface area contributed by atoms with Crippen molar-refractivity contribution in [3.8, 4) is 5.69 Å². The Hall–Kier alpha value is -1.84. The van der Waals surface area contributed by atoms with Gasteiger partial charge >= 0.3 is 0 Å². The summed E-state index contributed by atoms with van der Waals surface area (Å²) in [5.41, 5.74) is 5.96. The molecule has 1 N–H and O–H groups in total. The van der Waals surface area contributed by atoms with E-state index in [9.17, 15) is 0 Å². The molecule has 4 heteroatoms. The largest absolute Gasteiger partial charge is 0.381 e. The average molecular weight is 298 g/mol. The Balaban J connectivity index is 1.98. The molecule has 0 amide bonds. The van der Waals surface area contributed by atoms with Crippen molar-refractivity contribution in [2.75, 3.05) is 11.9 Å². The number of aromatic nitrogens is 3. The summed E-state index contributed by atoms with van der Waals surface area (Å²) in [7, 11) is 0. The summed E-state index contributed by atoms with van der Waals surface area (Å²) in [4.78, 5) is 4.83. The van der Waals surface area contributed by atoms with Crippen LogP contribution in [0.1, 0.15) is 44.6 Å². The molecule has 118 valence electrons. The number of nitrogens with zero attached hydrogens (tertiary/aromatic N) is 3. The second kappa shape index (κ2) is 6.11. The molecule has 0 atom stereocenters. The average Bonchev–Trinajstić information content (AvgIpc) is 3.05. The maximum absolute atomic E-state index is 4.83. The van der Waals surface area contributed by atoms with E-state index >= 15 is 0 Å². The SMILES string of the molecule is CC(C)Cc1cnn(-c2cc(CC(C)C)nc3c2NCC3)c1. The van der Waals surface area contributed by atoms with E-state index in [2.05, 4.69) is 50.4 Å². The third kappa shape index (κ3) is 3.16. The molecule has 0 fully saturated rings. The Labute approximate surface area is 133 Å². The van der Waals surface area contributed by atoms with Gasteiger partial charge in [-0.2, -0.15) is 5.10 Å². The summed E-state index contributed by atoms with van der Waals surface area (Å²) in [6.45, 7) is 9.93. The van der Waals surface area contributed by atoms with Gasteiger partial charge in [-0.25, -0.2) is 4.68 Å². The monoisotopic (exact) mass is 298 g/mol. The molecule has 2 aromatic rings. The molecule has 0 aliphatic carbocycles. The first-order valence-corrected chi connectivity index (χ1v) is 8.33. The molecule has 0 unspecified atom stereocenters. The third-order valence-corrected chi connectivity index (χ3v) is 3.93. The summed E-state index contributed by atoms with van der Waals surface area (Å²) in [6, 6.07) is 2.20. The molecule has 0 aromatic carbocycles. The number of anilines is 1. The molecule has 0 spiro atoms. The smallest absolute Gasteiger partial charge is 0.0913 e. The lowest BCUT2D eigenvalue weighted by Crippen LogP contribution is -2.05. The first kappa shape index (κ1) is 15.1. The van der Waals surface area contributed by atoms with Crippen LogP contribution in [0, 0.1) is 11.8 Å². The van der Waals surface area contributed by atoms with Crippen molar-refractivity contribution in [2.45, 2.75) is 47.0 Å². The van der Waals surface area contributed by atoms with Gasteiger partial charge in [-0.1, -0.05) is 27.7 Å². The van der Waals surface area contributed by atoms with Crippen LogP contribution in [0.15, 0.2) is 18.5 Å². The van der Waals surface area contributed by atoms with Crippen LogP contribution in [0.3, 0.4) is 0 Å². The molecule has 0 saturated heterocycles. The zero-order valence-corrected chi connectivity index (χ0v) is 14.1. The van der Waals surface area contributed by atoms with Crippen LogP contribution in [-0.4, -0.2) is 21.3 Å². The summed E-state index contributed by atoms with van der Waals surface area (Å²) >= 11 is 0. The predicted molar refractivity (Wildman–Crippen MR) is 90.6 cm³/mol. The minimum Gasteiger partial charge on any atom is -0.381 e. The second-order valence-corrected chi connectivity index (χ2v) is 7.12. The molecule has 1 aliphatic rings. The van der Waals surface area contributed by atoms with Gasteiger partial charge in [0.25, 0.3) is 0 Å². The van der Waals surface area contributed by atoms with Crippen molar-refractivity contribution in [3.63, 3.8) is 0 Å². The first-order valence-electron chi connectivity index (χ1n) is 8.33. The highest BCUT2D eigenvalue weighted by Crippen LogP contribution is 2.29. The zero-order chi connectivity index (χ0) is 15.7.